The number of hydrogen-bond donors (Lipinski definition) is 0. The van der Waals surface area contributed by atoms with Gasteiger partial charge in [-0.2, -0.15) is 0 Å². The molecule has 2 heterocycles. The lowest BCUT2D eigenvalue weighted by molar-refractivity contribution is 0.671. The third kappa shape index (κ3) is 11.3. The molecular weight excluding hydrogens is 1400 g/mol. The van der Waals surface area contributed by atoms with E-state index in [4.69, 9.17) is 4.42 Å². The van der Waals surface area contributed by atoms with Crippen molar-refractivity contribution < 1.29 is 26.3 Å². The van der Waals surface area contributed by atoms with E-state index in [9.17, 15) is 21.9 Å². The summed E-state index contributed by atoms with van der Waals surface area (Å²) in [5.41, 5.74) is 5.26. The van der Waals surface area contributed by atoms with Gasteiger partial charge in [0.25, 0.3) is 0 Å². The average molecular weight is 1480 g/mol. The van der Waals surface area contributed by atoms with Gasteiger partial charge in [0.15, 0.2) is 0 Å². The first kappa shape index (κ1) is 51.7. The number of anilines is 6. The summed E-state index contributed by atoms with van der Waals surface area (Å²) in [4.78, 5) is 2.85. The number of thiophene rings is 1. The van der Waals surface area contributed by atoms with Crippen molar-refractivity contribution >= 4 is 174 Å². The van der Waals surface area contributed by atoms with E-state index in [-0.39, 0.29) is 118 Å². The lowest BCUT2D eigenvalue weighted by Gasteiger charge is -2.28. The molecule has 114 heavy (non-hydrogen) atoms. The van der Waals surface area contributed by atoms with Gasteiger partial charge in [0, 0.05) is 75.6 Å². The van der Waals surface area contributed by atoms with Gasteiger partial charge in [0.1, 0.15) is 11.2 Å². The average Bonchev–Trinajstić information content (AvgIpc) is 0.860. The molecule has 0 aliphatic rings. The van der Waals surface area contributed by atoms with Gasteiger partial charge in [0.2, 0.25) is 0 Å². The Morgan fingerprint density at radius 1 is 0.202 bits per heavy atom. The minimum atomic E-state index is -0.433. The molecule has 23 rings (SSSR count). The molecule has 4 heteroatoms. The zero-order valence-electron chi connectivity index (χ0n) is 76.9. The first-order chi connectivity index (χ1) is 63.3. The first-order valence-corrected chi connectivity index (χ1v) is 38.6. The molecule has 21 aromatic carbocycles. The quantitative estimate of drug-likeness (QED) is 0.120. The molecule has 0 amide bonds. The van der Waals surface area contributed by atoms with E-state index in [2.05, 4.69) is 0 Å². The highest BCUT2D eigenvalue weighted by Gasteiger charge is 2.24. The zero-order valence-corrected chi connectivity index (χ0v) is 61.7. The molecule has 0 unspecified atom stereocenters. The summed E-state index contributed by atoms with van der Waals surface area (Å²) < 4.78 is 165. The Hall–Kier alpha value is -14.7. The van der Waals surface area contributed by atoms with Crippen LogP contribution in [-0.4, -0.2) is 0 Å². The minimum Gasteiger partial charge on any atom is -0.455 e. The van der Waals surface area contributed by atoms with Crippen molar-refractivity contribution in [1.82, 2.24) is 0 Å². The van der Waals surface area contributed by atoms with Crippen LogP contribution in [-0.2, 0) is 0 Å². The Balaban J connectivity index is 0.000000153. The molecule has 0 spiro atoms. The highest BCUT2D eigenvalue weighted by molar-refractivity contribution is 7.26. The maximum atomic E-state index is 9.90. The molecule has 23 aromatic rings. The number of furan rings is 1. The molecule has 0 aliphatic heterocycles. The Bertz CT molecular complexity index is 8700. The second-order valence-electron chi connectivity index (χ2n) is 28.4. The normalized spacial score (nSPS) is 13.6. The van der Waals surface area contributed by atoms with E-state index in [1.165, 1.54) is 21.1 Å². The number of para-hydroxylation sites is 2. The fourth-order valence-electron chi connectivity index (χ4n) is 16.7. The van der Waals surface area contributed by atoms with E-state index < -0.39 is 24.2 Å². The van der Waals surface area contributed by atoms with Crippen molar-refractivity contribution in [2.24, 2.45) is 0 Å². The third-order valence-corrected chi connectivity index (χ3v) is 23.2. The summed E-state index contributed by atoms with van der Waals surface area (Å²) in [5.74, 6) is 0. The lowest BCUT2D eigenvalue weighted by Crippen LogP contribution is -2.10. The van der Waals surface area contributed by atoms with Gasteiger partial charge in [0.05, 0.1) is 33.3 Å². The third-order valence-electron chi connectivity index (χ3n) is 21.9. The molecule has 0 saturated carbocycles. The standard InChI is InChI=1S/C58H37NO.C52H33NS/c1-2-14-38(15-3-1)47-24-12-26-53-54-27-13-25-48(58(54)60-57(47)53)39-28-32-43(33-29-39)59(56-37-42-17-5-7-19-46(42)50-21-10-11-23-52(50)56)44-34-30-40(31-35-44)55-36-41-16-4-6-18-45(41)49-20-8-9-22-51(49)55;1-3-14-40-36(12-1)32-49(45-18-6-5-16-43(40)45)35-26-30-39(31-27-35)53(50-33-37-13-2-4-15-41(37)44-17-7-8-19-46(44)50)38-28-24-34(25-29-38)42-21-11-22-48-47-20-9-10-23-51(47)54-52(42)48/h1-37H;1-33H/i28D,29D,30D,31D,32D,33D,34D,35D;24D,25D,26D,27D,28D,29D,30D,31D. The van der Waals surface area contributed by atoms with Gasteiger partial charge in [-0.3, -0.25) is 0 Å². The van der Waals surface area contributed by atoms with Crippen molar-refractivity contribution in [2.45, 2.75) is 0 Å². The number of fused-ring (bicyclic) bond motifs is 18. The maximum Gasteiger partial charge on any atom is 0.143 e. The minimum absolute atomic E-state index is 0.0241. The molecule has 0 radical (unpaired) electrons. The lowest BCUT2D eigenvalue weighted by atomic mass is 9.93. The van der Waals surface area contributed by atoms with Crippen LogP contribution in [0.4, 0.5) is 34.1 Å². The molecule has 0 fully saturated rings. The Kier molecular flexibility index (Phi) is 12.6. The molecule has 0 atom stereocenters. The van der Waals surface area contributed by atoms with E-state index in [1.54, 1.807) is 6.07 Å². The summed E-state index contributed by atoms with van der Waals surface area (Å²) in [6, 6.07) is 98.9. The van der Waals surface area contributed by atoms with Gasteiger partial charge >= 0.3 is 0 Å². The second kappa shape index (κ2) is 27.7. The fourth-order valence-corrected chi connectivity index (χ4v) is 17.9. The SMILES string of the molecule is [2H]c1c([2H])c(N(c2c([2H])c([2H])c(-c3cccc4c3oc3c(-c5ccccc5)cccc34)c([2H])c2[2H])c2cc3ccccc3c3ccccc23)c([2H])c([2H])c1-c1cc2ccccc2c2ccccc12.[2H]c1c([2H])c(N(c2c([2H])c([2H])c(-c3cccc4c3sc3ccccc34)c([2H])c2[2H])c2cc3ccccc3c3ccccc23)c([2H])c([2H])c1-c1cc2ccccc2c2ccccc12. The molecule has 0 bridgehead atoms. The predicted molar refractivity (Wildman–Crippen MR) is 490 cm³/mol. The first-order valence-electron chi connectivity index (χ1n) is 45.8. The number of benzene rings is 21. The molecule has 0 aliphatic carbocycles. The van der Waals surface area contributed by atoms with Crippen molar-refractivity contribution in [3.8, 4) is 55.6 Å². The summed E-state index contributed by atoms with van der Waals surface area (Å²) in [7, 11) is 0. The highest BCUT2D eigenvalue weighted by atomic mass is 32.1. The van der Waals surface area contributed by atoms with Crippen LogP contribution < -0.4 is 9.80 Å². The molecule has 532 valence electrons. The number of rotatable bonds is 11. The fraction of sp³-hybridized carbons (Fsp3) is 0. The van der Waals surface area contributed by atoms with E-state index in [0.717, 1.165) is 117 Å². The Morgan fingerprint density at radius 3 is 0.912 bits per heavy atom. The van der Waals surface area contributed by atoms with Gasteiger partial charge < -0.3 is 14.2 Å². The maximum absolute atomic E-state index is 9.90. The van der Waals surface area contributed by atoms with E-state index >= 15 is 0 Å². The van der Waals surface area contributed by atoms with Crippen LogP contribution in [0.1, 0.15) is 21.9 Å². The summed E-state index contributed by atoms with van der Waals surface area (Å²) in [6.07, 6.45) is 0. The second-order valence-corrected chi connectivity index (χ2v) is 29.4. The van der Waals surface area contributed by atoms with E-state index in [0.29, 0.717) is 55.6 Å². The predicted octanol–water partition coefficient (Wildman–Crippen LogP) is 32.1. The summed E-state index contributed by atoms with van der Waals surface area (Å²) >= 11 is 1.54. The van der Waals surface area contributed by atoms with Crippen LogP contribution in [0.25, 0.3) is 184 Å². The van der Waals surface area contributed by atoms with Crippen molar-refractivity contribution in [2.75, 3.05) is 9.80 Å². The summed E-state index contributed by atoms with van der Waals surface area (Å²) in [5, 5.41) is 17.2. The van der Waals surface area contributed by atoms with Gasteiger partial charge in [-0.25, -0.2) is 0 Å². The van der Waals surface area contributed by atoms with Crippen LogP contribution in [0.3, 0.4) is 0 Å². The number of nitrogens with zero attached hydrogens (tertiary/aromatic N) is 2. The van der Waals surface area contributed by atoms with Gasteiger partial charge in [-0.15, -0.1) is 11.3 Å². The van der Waals surface area contributed by atoms with Crippen molar-refractivity contribution in [3.63, 3.8) is 0 Å². The topological polar surface area (TPSA) is 19.6 Å². The van der Waals surface area contributed by atoms with Crippen LogP contribution in [0.2, 0.25) is 0 Å². The molecular formula is C110H70N2OS. The number of hydrogen-bond acceptors (Lipinski definition) is 4. The Morgan fingerprint density at radius 2 is 0.491 bits per heavy atom. The molecule has 0 saturated heterocycles. The monoisotopic (exact) mass is 1480 g/mol. The molecule has 0 N–H and O–H groups in total. The van der Waals surface area contributed by atoms with Crippen LogP contribution in [0, 0.1) is 0 Å². The van der Waals surface area contributed by atoms with Crippen LogP contribution in [0.5, 0.6) is 0 Å². The smallest absolute Gasteiger partial charge is 0.143 e. The molecule has 3 nitrogen and oxygen atoms in total. The van der Waals surface area contributed by atoms with Crippen LogP contribution in [0.15, 0.2) is 429 Å². The van der Waals surface area contributed by atoms with Crippen LogP contribution >= 0.6 is 11.3 Å². The Labute approximate surface area is 686 Å². The molecule has 2 aromatic heterocycles. The van der Waals surface area contributed by atoms with Gasteiger partial charge in [-0.05, 0) is 199 Å². The largest absolute Gasteiger partial charge is 0.455 e. The highest BCUT2D eigenvalue weighted by Crippen LogP contribution is 2.49. The van der Waals surface area contributed by atoms with Gasteiger partial charge in [-0.1, -0.05) is 346 Å². The van der Waals surface area contributed by atoms with Crippen molar-refractivity contribution in [3.05, 3.63) is 424 Å². The van der Waals surface area contributed by atoms with E-state index in [1.807, 2.05) is 322 Å². The zero-order chi connectivity index (χ0) is 89.1. The summed E-state index contributed by atoms with van der Waals surface area (Å²) in [6.45, 7) is 0. The van der Waals surface area contributed by atoms with Crippen molar-refractivity contribution in [1.29, 1.82) is 0 Å².